The van der Waals surface area contributed by atoms with Crippen LogP contribution in [-0.4, -0.2) is 70.3 Å². The molecule has 0 aromatic rings. The molecule has 112 valence electrons. The fraction of sp³-hybridized carbons (Fsp3) is 1.00. The van der Waals surface area contributed by atoms with Crippen LogP contribution in [0.3, 0.4) is 0 Å². The zero-order valence-electron chi connectivity index (χ0n) is 11.1. The van der Waals surface area contributed by atoms with Crippen LogP contribution in [0.15, 0.2) is 0 Å². The summed E-state index contributed by atoms with van der Waals surface area (Å²) in [5.41, 5.74) is -0.667. The molecule has 0 saturated heterocycles. The topological polar surface area (TPSA) is 121 Å². The lowest BCUT2D eigenvalue weighted by Crippen LogP contribution is -2.32. The molecule has 18 heavy (non-hydrogen) atoms. The summed E-state index contributed by atoms with van der Waals surface area (Å²) in [6, 6.07) is 0. The van der Waals surface area contributed by atoms with E-state index in [0.717, 1.165) is 0 Å². The highest BCUT2D eigenvalue weighted by Gasteiger charge is 2.24. The first-order valence-electron chi connectivity index (χ1n) is 6.24. The van der Waals surface area contributed by atoms with Gasteiger partial charge in [0.15, 0.2) is 0 Å². The minimum Gasteiger partial charge on any atom is -0.396 e. The monoisotopic (exact) mass is 268 g/mol. The van der Waals surface area contributed by atoms with E-state index in [1.165, 1.54) is 0 Å². The molecule has 0 atom stereocenters. The van der Waals surface area contributed by atoms with Crippen molar-refractivity contribution in [2.24, 2.45) is 11.3 Å². The summed E-state index contributed by atoms with van der Waals surface area (Å²) in [7, 11) is 0. The van der Waals surface area contributed by atoms with Gasteiger partial charge in [-0.3, -0.25) is 0 Å². The lowest BCUT2D eigenvalue weighted by molar-refractivity contribution is 0.00304. The maximum atomic E-state index is 8.66. The van der Waals surface area contributed by atoms with Crippen molar-refractivity contribution in [1.29, 1.82) is 0 Å². The molecule has 0 aliphatic rings. The molecule has 0 spiro atoms. The second-order valence-electron chi connectivity index (χ2n) is 4.42. The second-order valence-corrected chi connectivity index (χ2v) is 4.42. The van der Waals surface area contributed by atoms with Gasteiger partial charge in [-0.25, -0.2) is 0 Å². The normalized spacial score (nSPS) is 11.3. The fourth-order valence-corrected chi connectivity index (χ4v) is 1.11. The molecule has 6 heteroatoms. The highest BCUT2D eigenvalue weighted by atomic mass is 16.3. The zero-order chi connectivity index (χ0) is 14.4. The van der Waals surface area contributed by atoms with E-state index in [1.807, 2.05) is 6.92 Å². The van der Waals surface area contributed by atoms with E-state index < -0.39 is 5.41 Å². The number of rotatable bonds is 9. The van der Waals surface area contributed by atoms with E-state index in [9.17, 15) is 0 Å². The largest absolute Gasteiger partial charge is 0.396 e. The Hall–Kier alpha value is -0.240. The molecule has 0 radical (unpaired) electrons. The minimum atomic E-state index is -0.667. The fourth-order valence-electron chi connectivity index (χ4n) is 1.11. The molecule has 0 bridgehead atoms. The summed E-state index contributed by atoms with van der Waals surface area (Å²) >= 11 is 0. The van der Waals surface area contributed by atoms with Crippen molar-refractivity contribution in [2.75, 3.05) is 39.6 Å². The Kier molecular flexibility index (Phi) is 14.7. The van der Waals surface area contributed by atoms with E-state index in [4.69, 9.17) is 30.6 Å². The molecule has 0 rings (SSSR count). The first kappa shape index (κ1) is 20.1. The second kappa shape index (κ2) is 13.2. The van der Waals surface area contributed by atoms with Crippen LogP contribution in [-0.2, 0) is 0 Å². The van der Waals surface area contributed by atoms with Crippen molar-refractivity contribution in [3.05, 3.63) is 0 Å². The summed E-state index contributed by atoms with van der Waals surface area (Å²) in [6.07, 6.45) is 1.95. The van der Waals surface area contributed by atoms with Gasteiger partial charge >= 0.3 is 0 Å². The van der Waals surface area contributed by atoms with Crippen LogP contribution in [0.2, 0.25) is 0 Å². The van der Waals surface area contributed by atoms with Gasteiger partial charge < -0.3 is 30.6 Å². The van der Waals surface area contributed by atoms with Crippen LogP contribution in [0.5, 0.6) is 0 Å². The lowest BCUT2D eigenvalue weighted by atomic mass is 9.88. The van der Waals surface area contributed by atoms with Crippen LogP contribution in [0.4, 0.5) is 0 Å². The summed E-state index contributed by atoms with van der Waals surface area (Å²) in [5, 5.41) is 51.3. The average molecular weight is 268 g/mol. The third-order valence-corrected chi connectivity index (χ3v) is 3.04. The maximum absolute atomic E-state index is 8.66. The summed E-state index contributed by atoms with van der Waals surface area (Å²) in [5.74, 6) is -0.0443. The summed E-state index contributed by atoms with van der Waals surface area (Å²) < 4.78 is 0. The maximum Gasteiger partial charge on any atom is 0.0531 e. The van der Waals surface area contributed by atoms with Crippen LogP contribution in [0, 0.1) is 11.3 Å². The third kappa shape index (κ3) is 8.79. The van der Waals surface area contributed by atoms with Crippen LogP contribution < -0.4 is 0 Å². The molecule has 0 aliphatic carbocycles. The molecule has 0 saturated carbocycles. The Labute approximate surface area is 109 Å². The molecule has 0 amide bonds. The Morgan fingerprint density at radius 3 is 1.44 bits per heavy atom. The molecule has 6 nitrogen and oxygen atoms in total. The standard InChI is InChI=1S/2C6H14O3/c1-2-6(3-7,4-8)5-9;7-3-1-2-6(4-8)5-9/h7-9H,2-5H2,1H3;6-9H,1-5H2. The van der Waals surface area contributed by atoms with Gasteiger partial charge in [-0.2, -0.15) is 0 Å². The predicted molar refractivity (Wildman–Crippen MR) is 68.0 cm³/mol. The molecule has 0 aromatic carbocycles. The molecule has 0 heterocycles. The van der Waals surface area contributed by atoms with E-state index in [2.05, 4.69) is 0 Å². The molecular formula is C12H28O6. The van der Waals surface area contributed by atoms with E-state index >= 15 is 0 Å². The van der Waals surface area contributed by atoms with Gasteiger partial charge in [0.1, 0.15) is 0 Å². The van der Waals surface area contributed by atoms with Gasteiger partial charge in [-0.05, 0) is 19.3 Å². The Balaban J connectivity index is 0. The Morgan fingerprint density at radius 1 is 0.833 bits per heavy atom. The molecule has 0 aromatic heterocycles. The SMILES string of the molecule is CCC(CO)(CO)CO.OCCCC(CO)CO. The number of hydrogen-bond donors (Lipinski definition) is 6. The Morgan fingerprint density at radius 2 is 1.28 bits per heavy atom. The smallest absolute Gasteiger partial charge is 0.0531 e. The van der Waals surface area contributed by atoms with E-state index in [1.54, 1.807) is 0 Å². The predicted octanol–water partition coefficient (Wildman–Crippen LogP) is -1.28. The number of aliphatic hydroxyl groups excluding tert-OH is 6. The first-order valence-corrected chi connectivity index (χ1v) is 6.24. The van der Waals surface area contributed by atoms with Gasteiger partial charge in [0, 0.05) is 31.2 Å². The van der Waals surface area contributed by atoms with E-state index in [-0.39, 0.29) is 45.6 Å². The van der Waals surface area contributed by atoms with Gasteiger partial charge in [0.25, 0.3) is 0 Å². The van der Waals surface area contributed by atoms with Crippen LogP contribution >= 0.6 is 0 Å². The number of aliphatic hydroxyl groups is 6. The quantitative estimate of drug-likeness (QED) is 0.310. The van der Waals surface area contributed by atoms with Crippen molar-refractivity contribution >= 4 is 0 Å². The van der Waals surface area contributed by atoms with Crippen molar-refractivity contribution in [3.8, 4) is 0 Å². The molecule has 6 N–H and O–H groups in total. The summed E-state index contributed by atoms with van der Waals surface area (Å²) in [6.45, 7) is 1.51. The molecule has 0 fully saturated rings. The minimum absolute atomic E-state index is 0.0104. The van der Waals surface area contributed by atoms with Crippen LogP contribution in [0.25, 0.3) is 0 Å². The summed E-state index contributed by atoms with van der Waals surface area (Å²) in [4.78, 5) is 0. The molecule has 0 aliphatic heterocycles. The van der Waals surface area contributed by atoms with Gasteiger partial charge in [-0.15, -0.1) is 0 Å². The van der Waals surface area contributed by atoms with Gasteiger partial charge in [0.2, 0.25) is 0 Å². The van der Waals surface area contributed by atoms with Crippen molar-refractivity contribution in [1.82, 2.24) is 0 Å². The van der Waals surface area contributed by atoms with Crippen molar-refractivity contribution in [2.45, 2.75) is 26.2 Å². The van der Waals surface area contributed by atoms with Crippen molar-refractivity contribution < 1.29 is 30.6 Å². The number of hydrogen-bond acceptors (Lipinski definition) is 6. The first-order chi connectivity index (χ1) is 8.59. The molecule has 0 unspecified atom stereocenters. The highest BCUT2D eigenvalue weighted by molar-refractivity contribution is 4.74. The van der Waals surface area contributed by atoms with Crippen molar-refractivity contribution in [3.63, 3.8) is 0 Å². The van der Waals surface area contributed by atoms with Gasteiger partial charge in [-0.1, -0.05) is 6.92 Å². The highest BCUT2D eigenvalue weighted by Crippen LogP contribution is 2.18. The van der Waals surface area contributed by atoms with Gasteiger partial charge in [0.05, 0.1) is 19.8 Å². The van der Waals surface area contributed by atoms with Crippen LogP contribution in [0.1, 0.15) is 26.2 Å². The lowest BCUT2D eigenvalue weighted by Gasteiger charge is -2.24. The third-order valence-electron chi connectivity index (χ3n) is 3.04. The van der Waals surface area contributed by atoms with E-state index in [0.29, 0.717) is 19.3 Å². The zero-order valence-corrected chi connectivity index (χ0v) is 11.1. The Bertz CT molecular complexity index is 139. The molecular weight excluding hydrogens is 240 g/mol. The average Bonchev–Trinajstić information content (AvgIpc) is 2.44.